The summed E-state index contributed by atoms with van der Waals surface area (Å²) in [4.78, 5) is 6.98. The number of hydrogen-bond acceptors (Lipinski definition) is 4. The lowest BCUT2D eigenvalue weighted by molar-refractivity contribution is 0.216. The van der Waals surface area contributed by atoms with Gasteiger partial charge < -0.3 is 10.5 Å². The van der Waals surface area contributed by atoms with Crippen LogP contribution in [0.4, 0.5) is 0 Å². The van der Waals surface area contributed by atoms with Crippen molar-refractivity contribution in [3.05, 3.63) is 23.9 Å². The smallest absolute Gasteiger partial charge is 0.213 e. The zero-order valence-corrected chi connectivity index (χ0v) is 11.5. The highest BCUT2D eigenvalue weighted by Crippen LogP contribution is 2.31. The Bertz CT molecular complexity index is 394. The Morgan fingerprint density at radius 3 is 2.94 bits per heavy atom. The summed E-state index contributed by atoms with van der Waals surface area (Å²) < 4.78 is 5.20. The van der Waals surface area contributed by atoms with Crippen LogP contribution in [0.5, 0.6) is 5.88 Å². The second kappa shape index (κ2) is 5.67. The summed E-state index contributed by atoms with van der Waals surface area (Å²) in [7, 11) is 1.65. The molecule has 0 radical (unpaired) electrons. The van der Waals surface area contributed by atoms with Crippen molar-refractivity contribution in [2.45, 2.75) is 32.4 Å². The van der Waals surface area contributed by atoms with Crippen LogP contribution in [0, 0.1) is 5.92 Å². The van der Waals surface area contributed by atoms with Crippen LogP contribution in [0.15, 0.2) is 18.2 Å². The SMILES string of the molecule is COc1cccc(C2C(N)CCN2CC(C)C)n1. The molecule has 1 aromatic rings. The molecule has 2 unspecified atom stereocenters. The van der Waals surface area contributed by atoms with E-state index in [0.29, 0.717) is 11.8 Å². The second-order valence-corrected chi connectivity index (χ2v) is 5.39. The largest absolute Gasteiger partial charge is 0.481 e. The van der Waals surface area contributed by atoms with Gasteiger partial charge in [-0.3, -0.25) is 4.90 Å². The summed E-state index contributed by atoms with van der Waals surface area (Å²) in [5, 5.41) is 0. The van der Waals surface area contributed by atoms with Crippen LogP contribution in [0.1, 0.15) is 32.0 Å². The predicted molar refractivity (Wildman–Crippen MR) is 72.5 cm³/mol. The fourth-order valence-electron chi connectivity index (χ4n) is 2.67. The van der Waals surface area contributed by atoms with E-state index in [-0.39, 0.29) is 12.1 Å². The Kier molecular flexibility index (Phi) is 4.19. The molecule has 1 saturated heterocycles. The van der Waals surface area contributed by atoms with Crippen LogP contribution in [-0.4, -0.2) is 36.1 Å². The molecule has 0 amide bonds. The van der Waals surface area contributed by atoms with E-state index in [2.05, 4.69) is 23.7 Å². The molecule has 100 valence electrons. The van der Waals surface area contributed by atoms with Crippen molar-refractivity contribution in [3.63, 3.8) is 0 Å². The summed E-state index contributed by atoms with van der Waals surface area (Å²) in [6, 6.07) is 6.30. The van der Waals surface area contributed by atoms with E-state index in [1.807, 2.05) is 18.2 Å². The van der Waals surface area contributed by atoms with Crippen molar-refractivity contribution in [2.75, 3.05) is 20.2 Å². The fraction of sp³-hybridized carbons (Fsp3) is 0.643. The van der Waals surface area contributed by atoms with Crippen LogP contribution in [-0.2, 0) is 0 Å². The zero-order chi connectivity index (χ0) is 13.1. The number of hydrogen-bond donors (Lipinski definition) is 1. The van der Waals surface area contributed by atoms with Crippen LogP contribution >= 0.6 is 0 Å². The Balaban J connectivity index is 2.21. The quantitative estimate of drug-likeness (QED) is 0.884. The Hall–Kier alpha value is -1.13. The highest BCUT2D eigenvalue weighted by atomic mass is 16.5. The first-order chi connectivity index (χ1) is 8.61. The molecule has 0 saturated carbocycles. The first kappa shape index (κ1) is 13.3. The molecule has 1 fully saturated rings. The summed E-state index contributed by atoms with van der Waals surface area (Å²) in [5.74, 6) is 1.31. The van der Waals surface area contributed by atoms with Crippen LogP contribution in [0.25, 0.3) is 0 Å². The Morgan fingerprint density at radius 2 is 2.28 bits per heavy atom. The molecule has 1 aliphatic rings. The summed E-state index contributed by atoms with van der Waals surface area (Å²) >= 11 is 0. The minimum Gasteiger partial charge on any atom is -0.481 e. The molecule has 18 heavy (non-hydrogen) atoms. The number of nitrogens with zero attached hydrogens (tertiary/aromatic N) is 2. The molecule has 4 nitrogen and oxygen atoms in total. The van der Waals surface area contributed by atoms with Crippen molar-refractivity contribution < 1.29 is 4.74 Å². The normalized spacial score (nSPS) is 24.7. The first-order valence-electron chi connectivity index (χ1n) is 6.62. The summed E-state index contributed by atoms with van der Waals surface area (Å²) in [6.45, 7) is 6.60. The van der Waals surface area contributed by atoms with Gasteiger partial charge in [-0.25, -0.2) is 4.98 Å². The van der Waals surface area contributed by atoms with Gasteiger partial charge in [0.25, 0.3) is 0 Å². The van der Waals surface area contributed by atoms with Gasteiger partial charge in [-0.15, -0.1) is 0 Å². The third kappa shape index (κ3) is 2.82. The average molecular weight is 249 g/mol. The molecule has 0 aromatic carbocycles. The molecule has 1 aliphatic heterocycles. The van der Waals surface area contributed by atoms with Gasteiger partial charge in [0.05, 0.1) is 18.8 Å². The monoisotopic (exact) mass is 249 g/mol. The number of rotatable bonds is 4. The Morgan fingerprint density at radius 1 is 1.50 bits per heavy atom. The molecule has 1 aromatic heterocycles. The third-order valence-corrected chi connectivity index (χ3v) is 3.41. The second-order valence-electron chi connectivity index (χ2n) is 5.39. The number of aromatic nitrogens is 1. The number of nitrogens with two attached hydrogens (primary N) is 1. The van der Waals surface area contributed by atoms with Gasteiger partial charge in [0, 0.05) is 25.2 Å². The van der Waals surface area contributed by atoms with Crippen LogP contribution < -0.4 is 10.5 Å². The number of methoxy groups -OCH3 is 1. The highest BCUT2D eigenvalue weighted by molar-refractivity contribution is 5.20. The van der Waals surface area contributed by atoms with E-state index in [1.54, 1.807) is 7.11 Å². The molecule has 2 atom stereocenters. The number of pyridine rings is 1. The van der Waals surface area contributed by atoms with E-state index in [4.69, 9.17) is 10.5 Å². The van der Waals surface area contributed by atoms with Gasteiger partial charge in [0.1, 0.15) is 0 Å². The van der Waals surface area contributed by atoms with Crippen LogP contribution in [0.3, 0.4) is 0 Å². The van der Waals surface area contributed by atoms with E-state index in [0.717, 1.165) is 25.2 Å². The topological polar surface area (TPSA) is 51.4 Å². The lowest BCUT2D eigenvalue weighted by Gasteiger charge is -2.27. The lowest BCUT2D eigenvalue weighted by atomic mass is 10.1. The molecule has 0 aliphatic carbocycles. The maximum Gasteiger partial charge on any atom is 0.213 e. The van der Waals surface area contributed by atoms with Gasteiger partial charge in [-0.05, 0) is 18.4 Å². The summed E-state index contributed by atoms with van der Waals surface area (Å²) in [6.07, 6.45) is 1.04. The van der Waals surface area contributed by atoms with Gasteiger partial charge in [0.2, 0.25) is 5.88 Å². The van der Waals surface area contributed by atoms with E-state index in [1.165, 1.54) is 0 Å². The molecule has 0 spiro atoms. The molecule has 2 rings (SSSR count). The van der Waals surface area contributed by atoms with Crippen molar-refractivity contribution in [2.24, 2.45) is 11.7 Å². The number of likely N-dealkylation sites (tertiary alicyclic amines) is 1. The van der Waals surface area contributed by atoms with Crippen molar-refractivity contribution in [1.29, 1.82) is 0 Å². The standard InChI is InChI=1S/C14H23N3O/c1-10(2)9-17-8-7-11(15)14(17)12-5-4-6-13(16-12)18-3/h4-6,10-11,14H,7-9,15H2,1-3H3. The molecule has 0 bridgehead atoms. The molecular formula is C14H23N3O. The maximum atomic E-state index is 6.25. The molecule has 4 heteroatoms. The van der Waals surface area contributed by atoms with E-state index in [9.17, 15) is 0 Å². The molecule has 2 N–H and O–H groups in total. The third-order valence-electron chi connectivity index (χ3n) is 3.41. The van der Waals surface area contributed by atoms with Crippen molar-refractivity contribution in [3.8, 4) is 5.88 Å². The molecule has 2 heterocycles. The minimum absolute atomic E-state index is 0.170. The van der Waals surface area contributed by atoms with Crippen LogP contribution in [0.2, 0.25) is 0 Å². The van der Waals surface area contributed by atoms with Gasteiger partial charge >= 0.3 is 0 Å². The zero-order valence-electron chi connectivity index (χ0n) is 11.5. The van der Waals surface area contributed by atoms with Gasteiger partial charge in [-0.2, -0.15) is 0 Å². The molecular weight excluding hydrogens is 226 g/mol. The van der Waals surface area contributed by atoms with Gasteiger partial charge in [0.15, 0.2) is 0 Å². The lowest BCUT2D eigenvalue weighted by Crippen LogP contribution is -2.34. The van der Waals surface area contributed by atoms with Gasteiger partial charge in [-0.1, -0.05) is 19.9 Å². The first-order valence-corrected chi connectivity index (χ1v) is 6.62. The van der Waals surface area contributed by atoms with Crippen molar-refractivity contribution in [1.82, 2.24) is 9.88 Å². The summed E-state index contributed by atoms with van der Waals surface area (Å²) in [5.41, 5.74) is 7.27. The van der Waals surface area contributed by atoms with Crippen molar-refractivity contribution >= 4 is 0 Å². The van der Waals surface area contributed by atoms with E-state index < -0.39 is 0 Å². The Labute approximate surface area is 109 Å². The van der Waals surface area contributed by atoms with E-state index >= 15 is 0 Å². The predicted octanol–water partition coefficient (Wildman–Crippen LogP) is 1.82. The average Bonchev–Trinajstić information content (AvgIpc) is 2.70. The maximum absolute atomic E-state index is 6.25. The number of ether oxygens (including phenoxy) is 1. The highest BCUT2D eigenvalue weighted by Gasteiger charge is 2.34. The minimum atomic E-state index is 0.170. The fourth-order valence-corrected chi connectivity index (χ4v) is 2.67.